The molecule has 126 valence electrons. The summed E-state index contributed by atoms with van der Waals surface area (Å²) in [6.45, 7) is 0.260. The summed E-state index contributed by atoms with van der Waals surface area (Å²) in [7, 11) is 1.54. The molecule has 0 fully saturated rings. The molecule has 24 heavy (non-hydrogen) atoms. The maximum absolute atomic E-state index is 13.5. The van der Waals surface area contributed by atoms with Gasteiger partial charge in [0.05, 0.1) is 5.75 Å². The molecular weight excluding hydrogens is 334 g/mol. The second-order valence-electron chi connectivity index (χ2n) is 4.92. The first-order valence-corrected chi connectivity index (χ1v) is 8.13. The van der Waals surface area contributed by atoms with E-state index in [0.717, 1.165) is 29.5 Å². The van der Waals surface area contributed by atoms with Crippen LogP contribution in [-0.2, 0) is 11.3 Å². The van der Waals surface area contributed by atoms with E-state index in [4.69, 9.17) is 0 Å². The van der Waals surface area contributed by atoms with Crippen LogP contribution in [0.15, 0.2) is 47.4 Å². The van der Waals surface area contributed by atoms with E-state index in [-0.39, 0.29) is 29.0 Å². The number of carbonyl (C=O) groups is 2. The molecule has 0 atom stereocenters. The van der Waals surface area contributed by atoms with E-state index in [0.29, 0.717) is 5.56 Å². The molecule has 2 amide bonds. The molecule has 0 saturated heterocycles. The van der Waals surface area contributed by atoms with Gasteiger partial charge in [0.1, 0.15) is 11.6 Å². The molecule has 0 aliphatic rings. The predicted octanol–water partition coefficient (Wildman–Crippen LogP) is 2.73. The average Bonchev–Trinajstić information content (AvgIpc) is 2.58. The minimum Gasteiger partial charge on any atom is -0.355 e. The second-order valence-corrected chi connectivity index (χ2v) is 5.94. The maximum Gasteiger partial charge on any atom is 0.251 e. The number of halogens is 2. The Kier molecular flexibility index (Phi) is 6.31. The topological polar surface area (TPSA) is 58.2 Å². The lowest BCUT2D eigenvalue weighted by Crippen LogP contribution is -2.25. The summed E-state index contributed by atoms with van der Waals surface area (Å²) in [5, 5.41) is 5.23. The van der Waals surface area contributed by atoms with Gasteiger partial charge in [-0.15, -0.1) is 11.8 Å². The summed E-state index contributed by atoms with van der Waals surface area (Å²) in [6, 6.07) is 10.1. The summed E-state index contributed by atoms with van der Waals surface area (Å²) in [5.74, 6) is -1.82. The molecule has 0 spiro atoms. The third-order valence-electron chi connectivity index (χ3n) is 3.16. The van der Waals surface area contributed by atoms with Crippen LogP contribution in [0.3, 0.4) is 0 Å². The van der Waals surface area contributed by atoms with E-state index in [9.17, 15) is 18.4 Å². The van der Waals surface area contributed by atoms with Crippen molar-refractivity contribution in [2.75, 3.05) is 12.8 Å². The summed E-state index contributed by atoms with van der Waals surface area (Å²) < 4.78 is 26.3. The van der Waals surface area contributed by atoms with Crippen LogP contribution in [0.5, 0.6) is 0 Å². The van der Waals surface area contributed by atoms with Crippen LogP contribution < -0.4 is 10.6 Å². The molecule has 0 radical (unpaired) electrons. The first-order valence-electron chi connectivity index (χ1n) is 7.15. The lowest BCUT2D eigenvalue weighted by Gasteiger charge is -2.07. The maximum atomic E-state index is 13.5. The zero-order valence-corrected chi connectivity index (χ0v) is 13.8. The van der Waals surface area contributed by atoms with Gasteiger partial charge in [-0.25, -0.2) is 8.78 Å². The molecule has 2 N–H and O–H groups in total. The van der Waals surface area contributed by atoms with Gasteiger partial charge in [-0.05, 0) is 29.8 Å². The van der Waals surface area contributed by atoms with Crippen LogP contribution in [0, 0.1) is 11.6 Å². The van der Waals surface area contributed by atoms with E-state index >= 15 is 0 Å². The standard InChI is InChI=1S/C17H16F2N2O2S/c1-20-17(23)12-4-2-3-11(7-12)9-21-16(22)10-24-15-6-5-13(18)8-14(15)19/h2-8H,9-10H2,1H3,(H,20,23)(H,21,22). The fraction of sp³-hybridized carbons (Fsp3) is 0.176. The van der Waals surface area contributed by atoms with Crippen LogP contribution >= 0.6 is 11.8 Å². The van der Waals surface area contributed by atoms with Gasteiger partial charge in [-0.1, -0.05) is 12.1 Å². The van der Waals surface area contributed by atoms with Crippen molar-refractivity contribution in [1.82, 2.24) is 10.6 Å². The van der Waals surface area contributed by atoms with Gasteiger partial charge in [0, 0.05) is 30.1 Å². The Morgan fingerprint density at radius 2 is 1.92 bits per heavy atom. The second kappa shape index (κ2) is 8.44. The van der Waals surface area contributed by atoms with Crippen molar-refractivity contribution in [3.8, 4) is 0 Å². The van der Waals surface area contributed by atoms with Crippen molar-refractivity contribution in [3.63, 3.8) is 0 Å². The van der Waals surface area contributed by atoms with Crippen molar-refractivity contribution < 1.29 is 18.4 Å². The lowest BCUT2D eigenvalue weighted by molar-refractivity contribution is -0.118. The number of carbonyl (C=O) groups excluding carboxylic acids is 2. The minimum absolute atomic E-state index is 0.0116. The molecule has 0 unspecified atom stereocenters. The number of thioether (sulfide) groups is 1. The fourth-order valence-corrected chi connectivity index (χ4v) is 2.70. The molecule has 7 heteroatoms. The quantitative estimate of drug-likeness (QED) is 0.788. The highest BCUT2D eigenvalue weighted by atomic mass is 32.2. The first kappa shape index (κ1) is 17.9. The Bertz CT molecular complexity index is 753. The van der Waals surface area contributed by atoms with Gasteiger partial charge in [0.25, 0.3) is 5.91 Å². The van der Waals surface area contributed by atoms with Crippen LogP contribution in [0.25, 0.3) is 0 Å². The number of benzene rings is 2. The molecular formula is C17H16F2N2O2S. The summed E-state index contributed by atoms with van der Waals surface area (Å²) >= 11 is 0.993. The molecule has 0 aromatic heterocycles. The third-order valence-corrected chi connectivity index (χ3v) is 4.21. The zero-order valence-electron chi connectivity index (χ0n) is 12.9. The van der Waals surface area contributed by atoms with Crippen LogP contribution in [0.4, 0.5) is 8.78 Å². The van der Waals surface area contributed by atoms with Crippen LogP contribution in [0.2, 0.25) is 0 Å². The van der Waals surface area contributed by atoms with Gasteiger partial charge in [-0.2, -0.15) is 0 Å². The monoisotopic (exact) mass is 350 g/mol. The Balaban J connectivity index is 1.86. The predicted molar refractivity (Wildman–Crippen MR) is 88.8 cm³/mol. The summed E-state index contributed by atoms with van der Waals surface area (Å²) in [5.41, 5.74) is 1.29. The molecule has 0 heterocycles. The van der Waals surface area contributed by atoms with E-state index in [1.807, 2.05) is 0 Å². The molecule has 0 aliphatic carbocycles. The van der Waals surface area contributed by atoms with Gasteiger partial charge in [-0.3, -0.25) is 9.59 Å². The van der Waals surface area contributed by atoms with E-state index < -0.39 is 11.6 Å². The van der Waals surface area contributed by atoms with Crippen molar-refractivity contribution in [3.05, 3.63) is 65.2 Å². The molecule has 2 rings (SSSR count). The number of hydrogen-bond donors (Lipinski definition) is 2. The first-order chi connectivity index (χ1) is 11.5. The smallest absolute Gasteiger partial charge is 0.251 e. The molecule has 2 aromatic carbocycles. The number of amides is 2. The third kappa shape index (κ3) is 5.06. The van der Waals surface area contributed by atoms with Gasteiger partial charge in [0.15, 0.2) is 0 Å². The van der Waals surface area contributed by atoms with Gasteiger partial charge < -0.3 is 10.6 Å². The van der Waals surface area contributed by atoms with Crippen molar-refractivity contribution in [2.45, 2.75) is 11.4 Å². The number of nitrogens with one attached hydrogen (secondary N) is 2. The van der Waals surface area contributed by atoms with Crippen molar-refractivity contribution in [2.24, 2.45) is 0 Å². The highest BCUT2D eigenvalue weighted by Crippen LogP contribution is 2.22. The number of rotatable bonds is 6. The SMILES string of the molecule is CNC(=O)c1cccc(CNC(=O)CSc2ccc(F)cc2F)c1. The Hall–Kier alpha value is -2.41. The summed E-state index contributed by atoms with van der Waals surface area (Å²) in [4.78, 5) is 23.6. The molecule has 4 nitrogen and oxygen atoms in total. The van der Waals surface area contributed by atoms with Gasteiger partial charge in [0.2, 0.25) is 5.91 Å². The molecule has 0 aliphatic heterocycles. The van der Waals surface area contributed by atoms with Gasteiger partial charge >= 0.3 is 0 Å². The largest absolute Gasteiger partial charge is 0.355 e. The average molecular weight is 350 g/mol. The fourth-order valence-electron chi connectivity index (χ4n) is 1.95. The molecule has 2 aromatic rings. The Labute approximate surface area is 142 Å². The molecule has 0 bridgehead atoms. The molecule has 0 saturated carbocycles. The van der Waals surface area contributed by atoms with Crippen molar-refractivity contribution >= 4 is 23.6 Å². The zero-order chi connectivity index (χ0) is 17.5. The Morgan fingerprint density at radius 1 is 1.12 bits per heavy atom. The van der Waals surface area contributed by atoms with E-state index in [1.54, 1.807) is 31.3 Å². The van der Waals surface area contributed by atoms with Crippen LogP contribution in [-0.4, -0.2) is 24.6 Å². The van der Waals surface area contributed by atoms with Crippen LogP contribution in [0.1, 0.15) is 15.9 Å². The van der Waals surface area contributed by atoms with Crippen molar-refractivity contribution in [1.29, 1.82) is 0 Å². The Morgan fingerprint density at radius 3 is 2.62 bits per heavy atom. The normalized spacial score (nSPS) is 10.3. The highest BCUT2D eigenvalue weighted by Gasteiger charge is 2.09. The van der Waals surface area contributed by atoms with E-state index in [1.165, 1.54) is 6.07 Å². The lowest BCUT2D eigenvalue weighted by atomic mass is 10.1. The minimum atomic E-state index is -0.689. The highest BCUT2D eigenvalue weighted by molar-refractivity contribution is 8.00. The van der Waals surface area contributed by atoms with E-state index in [2.05, 4.69) is 10.6 Å². The number of hydrogen-bond acceptors (Lipinski definition) is 3. The summed E-state index contributed by atoms with van der Waals surface area (Å²) in [6.07, 6.45) is 0.